The molecular formula is C23H20F5N3O4. The topological polar surface area (TPSA) is 93.5 Å². The number of aliphatic carboxylic acids is 1. The summed E-state index contributed by atoms with van der Waals surface area (Å²) in [5.74, 6) is -2.91. The number of nitrogens with zero attached hydrogens (tertiary/aromatic N) is 2. The number of carbonyl (C=O) groups is 2. The van der Waals surface area contributed by atoms with Gasteiger partial charge in [-0.05, 0) is 43.2 Å². The summed E-state index contributed by atoms with van der Waals surface area (Å²) < 4.78 is 72.7. The van der Waals surface area contributed by atoms with Crippen LogP contribution in [0.2, 0.25) is 0 Å². The Labute approximate surface area is 196 Å². The van der Waals surface area contributed by atoms with Gasteiger partial charge in [0.2, 0.25) is 5.88 Å². The van der Waals surface area contributed by atoms with Crippen LogP contribution in [0.25, 0.3) is 0 Å². The molecule has 3 rings (SSSR count). The number of allylic oxidation sites excluding steroid dienone is 2. The Hall–Kier alpha value is -3.96. The van der Waals surface area contributed by atoms with Gasteiger partial charge in [0, 0.05) is 7.05 Å². The van der Waals surface area contributed by atoms with Crippen LogP contribution in [0.15, 0.2) is 59.7 Å². The molecule has 186 valence electrons. The molecule has 7 nitrogen and oxygen atoms in total. The lowest BCUT2D eigenvalue weighted by molar-refractivity contribution is -0.137. The Balaban J connectivity index is 1.90. The zero-order valence-corrected chi connectivity index (χ0v) is 18.4. The third-order valence-corrected chi connectivity index (χ3v) is 5.07. The van der Waals surface area contributed by atoms with Crippen LogP contribution in [0.3, 0.4) is 0 Å². The average molecular weight is 497 g/mol. The fourth-order valence-corrected chi connectivity index (χ4v) is 3.34. The first-order valence-electron chi connectivity index (χ1n) is 10.2. The van der Waals surface area contributed by atoms with Gasteiger partial charge in [0.05, 0.1) is 17.2 Å². The van der Waals surface area contributed by atoms with Gasteiger partial charge in [-0.1, -0.05) is 24.3 Å². The van der Waals surface area contributed by atoms with E-state index in [1.807, 2.05) is 0 Å². The summed E-state index contributed by atoms with van der Waals surface area (Å²) in [6, 6.07) is 3.02. The molecule has 1 aromatic heterocycles. The SMILES string of the molecule is C[C@H](NC(=O)c1c(C(F)F)nn(C)c1Oc1cccc(C(F)(F)F)c1)C1=CCC=C(C(=O)O)C=C1. The Bertz CT molecular complexity index is 1230. The summed E-state index contributed by atoms with van der Waals surface area (Å²) in [7, 11) is 1.21. The number of hydrogen-bond acceptors (Lipinski definition) is 4. The summed E-state index contributed by atoms with van der Waals surface area (Å²) in [5, 5.41) is 15.3. The number of benzene rings is 1. The van der Waals surface area contributed by atoms with Crippen LogP contribution in [0, 0.1) is 0 Å². The lowest BCUT2D eigenvalue weighted by Gasteiger charge is -2.16. The number of alkyl halides is 5. The number of nitrogens with one attached hydrogen (secondary N) is 1. The Kier molecular flexibility index (Phi) is 7.42. The van der Waals surface area contributed by atoms with Crippen molar-refractivity contribution in [3.63, 3.8) is 0 Å². The van der Waals surface area contributed by atoms with Gasteiger partial charge in [-0.15, -0.1) is 0 Å². The van der Waals surface area contributed by atoms with E-state index in [0.717, 1.165) is 16.8 Å². The van der Waals surface area contributed by atoms with Crippen LogP contribution in [0.5, 0.6) is 11.6 Å². The number of carboxylic acids is 1. The van der Waals surface area contributed by atoms with Crippen LogP contribution < -0.4 is 10.1 Å². The van der Waals surface area contributed by atoms with Crippen LogP contribution >= 0.6 is 0 Å². The van der Waals surface area contributed by atoms with E-state index in [-0.39, 0.29) is 17.7 Å². The fourth-order valence-electron chi connectivity index (χ4n) is 3.34. The van der Waals surface area contributed by atoms with Gasteiger partial charge in [-0.25, -0.2) is 18.3 Å². The van der Waals surface area contributed by atoms with Crippen molar-refractivity contribution in [3.05, 3.63) is 76.5 Å². The molecule has 1 aliphatic carbocycles. The highest BCUT2D eigenvalue weighted by Crippen LogP contribution is 2.35. The molecule has 0 bridgehead atoms. The van der Waals surface area contributed by atoms with Crippen molar-refractivity contribution in [1.29, 1.82) is 0 Å². The van der Waals surface area contributed by atoms with E-state index in [0.29, 0.717) is 11.6 Å². The molecule has 0 fully saturated rings. The van der Waals surface area contributed by atoms with E-state index in [1.165, 1.54) is 31.3 Å². The van der Waals surface area contributed by atoms with Crippen molar-refractivity contribution in [2.75, 3.05) is 0 Å². The lowest BCUT2D eigenvalue weighted by Crippen LogP contribution is -2.34. The molecule has 0 saturated carbocycles. The fraction of sp³-hybridized carbons (Fsp3) is 0.261. The molecule has 0 unspecified atom stereocenters. The van der Waals surface area contributed by atoms with E-state index < -0.39 is 53.2 Å². The maximum absolute atomic E-state index is 13.7. The van der Waals surface area contributed by atoms with Crippen molar-refractivity contribution in [2.24, 2.45) is 7.05 Å². The third-order valence-electron chi connectivity index (χ3n) is 5.07. The van der Waals surface area contributed by atoms with Crippen LogP contribution in [0.1, 0.15) is 41.4 Å². The van der Waals surface area contributed by atoms with Gasteiger partial charge in [0.25, 0.3) is 12.3 Å². The number of carboxylic acid groups (broad SMARTS) is 1. The van der Waals surface area contributed by atoms with Crippen LogP contribution in [-0.2, 0) is 18.0 Å². The normalized spacial score (nSPS) is 14.7. The van der Waals surface area contributed by atoms with Gasteiger partial charge in [0.15, 0.2) is 0 Å². The second kappa shape index (κ2) is 10.1. The molecule has 0 radical (unpaired) electrons. The summed E-state index contributed by atoms with van der Waals surface area (Å²) in [5.41, 5.74) is -1.98. The first-order chi connectivity index (χ1) is 16.4. The monoisotopic (exact) mass is 497 g/mol. The molecular weight excluding hydrogens is 477 g/mol. The maximum Gasteiger partial charge on any atom is 0.416 e. The molecule has 35 heavy (non-hydrogen) atoms. The van der Waals surface area contributed by atoms with Gasteiger partial charge in [-0.3, -0.25) is 4.79 Å². The third kappa shape index (κ3) is 5.94. The first kappa shape index (κ1) is 25.7. The number of rotatable bonds is 7. The number of carbonyl (C=O) groups excluding carboxylic acids is 1. The predicted molar refractivity (Wildman–Crippen MR) is 114 cm³/mol. The maximum atomic E-state index is 13.7. The largest absolute Gasteiger partial charge is 0.478 e. The number of halogens is 5. The highest BCUT2D eigenvalue weighted by Gasteiger charge is 2.33. The molecule has 0 aliphatic heterocycles. The lowest BCUT2D eigenvalue weighted by atomic mass is 10.1. The quantitative estimate of drug-likeness (QED) is 0.514. The number of aryl methyl sites for hydroxylation is 1. The minimum Gasteiger partial charge on any atom is -0.478 e. The van der Waals surface area contributed by atoms with Gasteiger partial charge in [-0.2, -0.15) is 18.3 Å². The second-order valence-electron chi connectivity index (χ2n) is 7.55. The van der Waals surface area contributed by atoms with Gasteiger partial charge < -0.3 is 15.2 Å². The van der Waals surface area contributed by atoms with Crippen molar-refractivity contribution in [1.82, 2.24) is 15.1 Å². The smallest absolute Gasteiger partial charge is 0.416 e. The van der Waals surface area contributed by atoms with Gasteiger partial charge >= 0.3 is 12.1 Å². The predicted octanol–water partition coefficient (Wildman–Crippen LogP) is 5.18. The highest BCUT2D eigenvalue weighted by atomic mass is 19.4. The minimum atomic E-state index is -4.66. The highest BCUT2D eigenvalue weighted by molar-refractivity contribution is 5.98. The molecule has 12 heteroatoms. The van der Waals surface area contributed by atoms with Crippen molar-refractivity contribution in [3.8, 4) is 11.6 Å². The Morgan fingerprint density at radius 3 is 2.54 bits per heavy atom. The van der Waals surface area contributed by atoms with E-state index in [2.05, 4.69) is 10.4 Å². The molecule has 0 spiro atoms. The number of amides is 1. The zero-order chi connectivity index (χ0) is 25.9. The summed E-state index contributed by atoms with van der Waals surface area (Å²) in [6.07, 6.45) is -1.61. The second-order valence-corrected chi connectivity index (χ2v) is 7.55. The summed E-state index contributed by atoms with van der Waals surface area (Å²) in [6.45, 7) is 1.56. The number of hydrogen-bond donors (Lipinski definition) is 2. The summed E-state index contributed by atoms with van der Waals surface area (Å²) in [4.78, 5) is 24.2. The molecule has 1 aromatic carbocycles. The van der Waals surface area contributed by atoms with Crippen LogP contribution in [-0.4, -0.2) is 32.8 Å². The Morgan fingerprint density at radius 1 is 1.20 bits per heavy atom. The first-order valence-corrected chi connectivity index (χ1v) is 10.2. The molecule has 2 N–H and O–H groups in total. The molecule has 1 aliphatic rings. The average Bonchev–Trinajstić information content (AvgIpc) is 2.95. The molecule has 0 saturated heterocycles. The molecule has 1 atom stereocenters. The van der Waals surface area contributed by atoms with Crippen molar-refractivity contribution < 1.29 is 41.4 Å². The van der Waals surface area contributed by atoms with E-state index in [4.69, 9.17) is 9.84 Å². The van der Waals surface area contributed by atoms with Crippen LogP contribution in [0.4, 0.5) is 22.0 Å². The number of ether oxygens (including phenoxy) is 1. The Morgan fingerprint density at radius 2 is 1.91 bits per heavy atom. The van der Waals surface area contributed by atoms with Crippen molar-refractivity contribution in [2.45, 2.75) is 32.0 Å². The standard InChI is InChI=1S/C23H20F5N3O4/c1-12(13-5-3-6-14(10-9-13)22(33)34)29-20(32)17-18(19(24)25)30-31(2)21(17)35-16-8-4-7-15(11-16)23(26,27)28/h4-12,19H,3H2,1-2H3,(H,29,32)(H,33,34)/t12-/m0/s1. The molecule has 2 aromatic rings. The summed E-state index contributed by atoms with van der Waals surface area (Å²) >= 11 is 0. The number of aromatic nitrogens is 2. The zero-order valence-electron chi connectivity index (χ0n) is 18.4. The van der Waals surface area contributed by atoms with Crippen molar-refractivity contribution >= 4 is 11.9 Å². The molecule has 1 amide bonds. The van der Waals surface area contributed by atoms with E-state index in [1.54, 1.807) is 13.0 Å². The molecule has 1 heterocycles. The minimum absolute atomic E-state index is 0.0544. The van der Waals surface area contributed by atoms with Gasteiger partial charge in [0.1, 0.15) is 17.0 Å². The van der Waals surface area contributed by atoms with E-state index >= 15 is 0 Å². The van der Waals surface area contributed by atoms with E-state index in [9.17, 15) is 31.5 Å².